The Kier molecular flexibility index (Phi) is 8.29. The van der Waals surface area contributed by atoms with Crippen LogP contribution in [0.5, 0.6) is 0 Å². The summed E-state index contributed by atoms with van der Waals surface area (Å²) in [5, 5.41) is 5.30. The van der Waals surface area contributed by atoms with Crippen molar-refractivity contribution in [1.29, 1.82) is 0 Å². The van der Waals surface area contributed by atoms with Gasteiger partial charge in [-0.1, -0.05) is 44.2 Å². The van der Waals surface area contributed by atoms with E-state index in [1.807, 2.05) is 30.3 Å². The SMILES string of the molecule is CC(=O)Nc1ccc(C(=O)COC(=O)[C@@H](NC(=O)Cc2ccccc2)C(C)C)cc1. The molecule has 2 aromatic carbocycles. The molecule has 2 aromatic rings. The molecule has 0 spiro atoms. The molecule has 7 heteroatoms. The molecule has 7 nitrogen and oxygen atoms in total. The molecule has 0 heterocycles. The molecule has 0 bridgehead atoms. The maximum Gasteiger partial charge on any atom is 0.329 e. The van der Waals surface area contributed by atoms with Crippen molar-refractivity contribution in [3.05, 3.63) is 65.7 Å². The molecule has 1 atom stereocenters. The molecule has 158 valence electrons. The maximum absolute atomic E-state index is 12.4. The van der Waals surface area contributed by atoms with Crippen LogP contribution in [-0.4, -0.2) is 36.2 Å². The van der Waals surface area contributed by atoms with Gasteiger partial charge in [0, 0.05) is 18.2 Å². The van der Waals surface area contributed by atoms with Crippen LogP contribution in [0.15, 0.2) is 54.6 Å². The number of nitrogens with one attached hydrogen (secondary N) is 2. The van der Waals surface area contributed by atoms with Gasteiger partial charge < -0.3 is 15.4 Å². The molecule has 2 amide bonds. The minimum atomic E-state index is -0.851. The molecule has 0 aliphatic rings. The van der Waals surface area contributed by atoms with Gasteiger partial charge in [0.15, 0.2) is 12.4 Å². The predicted octanol–water partition coefficient (Wildman–Crippen LogP) is 2.75. The molecule has 30 heavy (non-hydrogen) atoms. The van der Waals surface area contributed by atoms with Gasteiger partial charge >= 0.3 is 5.97 Å². The van der Waals surface area contributed by atoms with E-state index in [1.165, 1.54) is 6.92 Å². The van der Waals surface area contributed by atoms with E-state index in [2.05, 4.69) is 10.6 Å². The number of ether oxygens (including phenoxy) is 1. The van der Waals surface area contributed by atoms with Crippen LogP contribution in [0, 0.1) is 5.92 Å². The van der Waals surface area contributed by atoms with Crippen molar-refractivity contribution >= 4 is 29.3 Å². The van der Waals surface area contributed by atoms with Crippen molar-refractivity contribution in [2.75, 3.05) is 11.9 Å². The fourth-order valence-electron chi connectivity index (χ4n) is 2.76. The average Bonchev–Trinajstić information content (AvgIpc) is 2.70. The molecule has 0 aliphatic heterocycles. The van der Waals surface area contributed by atoms with Crippen LogP contribution >= 0.6 is 0 Å². The Morgan fingerprint density at radius 1 is 0.933 bits per heavy atom. The number of benzene rings is 2. The zero-order valence-corrected chi connectivity index (χ0v) is 17.3. The molecular weight excluding hydrogens is 384 g/mol. The minimum absolute atomic E-state index is 0.150. The summed E-state index contributed by atoms with van der Waals surface area (Å²) >= 11 is 0. The van der Waals surface area contributed by atoms with Gasteiger partial charge in [-0.3, -0.25) is 14.4 Å². The van der Waals surface area contributed by atoms with Crippen LogP contribution < -0.4 is 10.6 Å². The summed E-state index contributed by atoms with van der Waals surface area (Å²) in [4.78, 5) is 48.1. The normalized spacial score (nSPS) is 11.5. The molecular formula is C23H26N2O5. The highest BCUT2D eigenvalue weighted by Crippen LogP contribution is 2.11. The van der Waals surface area contributed by atoms with Crippen LogP contribution in [0.2, 0.25) is 0 Å². The van der Waals surface area contributed by atoms with E-state index in [4.69, 9.17) is 4.74 Å². The van der Waals surface area contributed by atoms with Gasteiger partial charge in [0.05, 0.1) is 6.42 Å². The molecule has 0 aromatic heterocycles. The first-order chi connectivity index (χ1) is 14.3. The predicted molar refractivity (Wildman–Crippen MR) is 113 cm³/mol. The van der Waals surface area contributed by atoms with Gasteiger partial charge in [-0.2, -0.15) is 0 Å². The highest BCUT2D eigenvalue weighted by Gasteiger charge is 2.26. The highest BCUT2D eigenvalue weighted by molar-refractivity contribution is 5.99. The van der Waals surface area contributed by atoms with E-state index in [0.717, 1.165) is 5.56 Å². The molecule has 0 radical (unpaired) electrons. The first kappa shape index (κ1) is 22.8. The molecule has 2 N–H and O–H groups in total. The van der Waals surface area contributed by atoms with Crippen LogP contribution in [0.25, 0.3) is 0 Å². The number of amides is 2. The number of carbonyl (C=O) groups is 4. The van der Waals surface area contributed by atoms with Gasteiger partial charge in [0.25, 0.3) is 0 Å². The number of rotatable bonds is 9. The first-order valence-electron chi connectivity index (χ1n) is 9.67. The minimum Gasteiger partial charge on any atom is -0.456 e. The number of Topliss-reactive ketones (excluding diaryl/α,β-unsaturated/α-hetero) is 1. The summed E-state index contributed by atoms with van der Waals surface area (Å²) in [6.07, 6.45) is 0.150. The first-order valence-corrected chi connectivity index (χ1v) is 9.67. The second kappa shape index (κ2) is 10.9. The van der Waals surface area contributed by atoms with Crippen molar-refractivity contribution < 1.29 is 23.9 Å². The number of carbonyl (C=O) groups excluding carboxylic acids is 4. The largest absolute Gasteiger partial charge is 0.456 e. The summed E-state index contributed by atoms with van der Waals surface area (Å²) in [5.41, 5.74) is 1.76. The van der Waals surface area contributed by atoms with Crippen molar-refractivity contribution in [3.63, 3.8) is 0 Å². The monoisotopic (exact) mass is 410 g/mol. The molecule has 0 fully saturated rings. The van der Waals surface area contributed by atoms with Gasteiger partial charge in [0.1, 0.15) is 6.04 Å². The third kappa shape index (κ3) is 7.16. The Hall–Kier alpha value is -3.48. The summed E-state index contributed by atoms with van der Waals surface area (Å²) in [6.45, 7) is 4.53. The number of ketones is 1. The van der Waals surface area contributed by atoms with Crippen molar-refractivity contribution in [2.24, 2.45) is 5.92 Å². The zero-order valence-electron chi connectivity index (χ0n) is 17.3. The standard InChI is InChI=1S/C23H26N2O5/c1-15(2)22(25-21(28)13-17-7-5-4-6-8-17)23(29)30-14-20(27)18-9-11-19(12-10-18)24-16(3)26/h4-12,15,22H,13-14H2,1-3H3,(H,24,26)(H,25,28)/t22-/m0/s1. The number of anilines is 1. The molecule has 0 saturated carbocycles. The summed E-state index contributed by atoms with van der Waals surface area (Å²) in [7, 11) is 0. The Morgan fingerprint density at radius 2 is 1.57 bits per heavy atom. The van der Waals surface area contributed by atoms with Crippen molar-refractivity contribution in [3.8, 4) is 0 Å². The third-order valence-electron chi connectivity index (χ3n) is 4.32. The topological polar surface area (TPSA) is 102 Å². The molecule has 0 aliphatic carbocycles. The van der Waals surface area contributed by atoms with Gasteiger partial charge in [-0.15, -0.1) is 0 Å². The van der Waals surface area contributed by atoms with Gasteiger partial charge in [-0.25, -0.2) is 4.79 Å². The Balaban J connectivity index is 1.90. The van der Waals surface area contributed by atoms with Gasteiger partial charge in [-0.05, 0) is 35.7 Å². The smallest absolute Gasteiger partial charge is 0.329 e. The Morgan fingerprint density at radius 3 is 2.13 bits per heavy atom. The van der Waals surface area contributed by atoms with Crippen molar-refractivity contribution in [1.82, 2.24) is 5.32 Å². The van der Waals surface area contributed by atoms with E-state index in [9.17, 15) is 19.2 Å². The summed E-state index contributed by atoms with van der Waals surface area (Å²) in [5.74, 6) is -1.75. The van der Waals surface area contributed by atoms with E-state index in [-0.39, 0.29) is 29.9 Å². The second-order valence-corrected chi connectivity index (χ2v) is 7.24. The van der Waals surface area contributed by atoms with Crippen LogP contribution in [0.1, 0.15) is 36.7 Å². The Labute approximate surface area is 175 Å². The highest BCUT2D eigenvalue weighted by atomic mass is 16.5. The summed E-state index contributed by atoms with van der Waals surface area (Å²) < 4.78 is 5.15. The summed E-state index contributed by atoms with van der Waals surface area (Å²) in [6, 6.07) is 14.6. The lowest BCUT2D eigenvalue weighted by Gasteiger charge is -2.20. The molecule has 2 rings (SSSR count). The molecule has 0 saturated heterocycles. The zero-order chi connectivity index (χ0) is 22.1. The van der Waals surface area contributed by atoms with E-state index >= 15 is 0 Å². The van der Waals surface area contributed by atoms with E-state index in [1.54, 1.807) is 38.1 Å². The second-order valence-electron chi connectivity index (χ2n) is 7.24. The number of esters is 1. The quantitative estimate of drug-likeness (QED) is 0.489. The van der Waals surface area contributed by atoms with Crippen LogP contribution in [0.3, 0.4) is 0 Å². The van der Waals surface area contributed by atoms with Crippen LogP contribution in [-0.2, 0) is 25.5 Å². The Bertz CT molecular complexity index is 892. The van der Waals surface area contributed by atoms with E-state index < -0.39 is 18.6 Å². The number of hydrogen-bond acceptors (Lipinski definition) is 5. The fraction of sp³-hybridized carbons (Fsp3) is 0.304. The van der Waals surface area contributed by atoms with Gasteiger partial charge in [0.2, 0.25) is 11.8 Å². The molecule has 0 unspecified atom stereocenters. The maximum atomic E-state index is 12.4. The third-order valence-corrected chi connectivity index (χ3v) is 4.32. The number of hydrogen-bond donors (Lipinski definition) is 2. The average molecular weight is 410 g/mol. The van der Waals surface area contributed by atoms with E-state index in [0.29, 0.717) is 11.3 Å². The lowest BCUT2D eigenvalue weighted by Crippen LogP contribution is -2.46. The lowest BCUT2D eigenvalue weighted by atomic mass is 10.0. The van der Waals surface area contributed by atoms with Crippen molar-refractivity contribution in [2.45, 2.75) is 33.2 Å². The van der Waals surface area contributed by atoms with Crippen LogP contribution in [0.4, 0.5) is 5.69 Å². The fourth-order valence-corrected chi connectivity index (χ4v) is 2.76. The lowest BCUT2D eigenvalue weighted by molar-refractivity contribution is -0.148.